The first-order chi connectivity index (χ1) is 6.70. The highest BCUT2D eigenvalue weighted by molar-refractivity contribution is 9.10. The molecule has 0 aliphatic rings. The molecule has 5 heteroatoms. The van der Waals surface area contributed by atoms with Gasteiger partial charge in [0.15, 0.2) is 0 Å². The molecule has 72 valence electrons. The van der Waals surface area contributed by atoms with Gasteiger partial charge < -0.3 is 0 Å². The Morgan fingerprint density at radius 1 is 1.50 bits per heavy atom. The summed E-state index contributed by atoms with van der Waals surface area (Å²) in [6.45, 7) is 0. The number of pyridine rings is 1. The summed E-state index contributed by atoms with van der Waals surface area (Å²) in [7, 11) is 0. The molecule has 2 heterocycles. The van der Waals surface area contributed by atoms with E-state index >= 15 is 0 Å². The van der Waals surface area contributed by atoms with Gasteiger partial charge in [0, 0.05) is 16.7 Å². The monoisotopic (exact) mass is 272 g/mol. The smallest absolute Gasteiger partial charge is 0.258 e. The quantitative estimate of drug-likeness (QED) is 0.747. The fourth-order valence-corrected chi connectivity index (χ4v) is 1.67. The third-order valence-electron chi connectivity index (χ3n) is 1.81. The Morgan fingerprint density at radius 3 is 3.00 bits per heavy atom. The van der Waals surface area contributed by atoms with Crippen LogP contribution in [-0.2, 0) is 5.88 Å². The zero-order chi connectivity index (χ0) is 10.1. The summed E-state index contributed by atoms with van der Waals surface area (Å²) in [6, 6.07) is 5.04. The molecule has 0 saturated carbocycles. The zero-order valence-electron chi connectivity index (χ0n) is 7.08. The lowest BCUT2D eigenvalue weighted by atomic mass is 10.4. The van der Waals surface area contributed by atoms with Gasteiger partial charge in [0.2, 0.25) is 0 Å². The van der Waals surface area contributed by atoms with Crippen molar-refractivity contribution < 1.29 is 0 Å². The summed E-state index contributed by atoms with van der Waals surface area (Å²) in [5.41, 5.74) is 1.09. The van der Waals surface area contributed by atoms with Gasteiger partial charge in [0.05, 0.1) is 11.6 Å². The number of nitrogens with zero attached hydrogens (tertiary/aromatic N) is 2. The van der Waals surface area contributed by atoms with Crippen LogP contribution in [0.5, 0.6) is 0 Å². The number of fused-ring (bicyclic) bond motifs is 1. The highest BCUT2D eigenvalue weighted by Crippen LogP contribution is 2.09. The molecule has 2 aromatic rings. The minimum atomic E-state index is -0.119. The van der Waals surface area contributed by atoms with E-state index in [0.717, 1.165) is 4.47 Å². The van der Waals surface area contributed by atoms with Crippen molar-refractivity contribution in [2.24, 2.45) is 0 Å². The standard InChI is InChI=1S/C9H6BrClN2O/c10-6-1-2-8-12-7(4-11)3-9(14)13(8)5-6/h1-3,5H,4H2. The third kappa shape index (κ3) is 1.67. The number of halogens is 2. The van der Waals surface area contributed by atoms with Gasteiger partial charge in [-0.25, -0.2) is 4.98 Å². The van der Waals surface area contributed by atoms with E-state index in [1.165, 1.54) is 10.5 Å². The maximum Gasteiger partial charge on any atom is 0.258 e. The predicted molar refractivity (Wildman–Crippen MR) is 58.7 cm³/mol. The summed E-state index contributed by atoms with van der Waals surface area (Å²) >= 11 is 8.90. The Hall–Kier alpha value is -0.870. The van der Waals surface area contributed by atoms with E-state index in [9.17, 15) is 4.79 Å². The fraction of sp³-hybridized carbons (Fsp3) is 0.111. The second kappa shape index (κ2) is 3.71. The average Bonchev–Trinajstić information content (AvgIpc) is 2.19. The Labute approximate surface area is 93.5 Å². The molecule has 2 aromatic heterocycles. The number of rotatable bonds is 1. The van der Waals surface area contributed by atoms with Crippen molar-refractivity contribution in [2.75, 3.05) is 0 Å². The molecule has 0 bridgehead atoms. The van der Waals surface area contributed by atoms with Gasteiger partial charge in [0.1, 0.15) is 5.65 Å². The van der Waals surface area contributed by atoms with E-state index in [2.05, 4.69) is 20.9 Å². The Morgan fingerprint density at radius 2 is 2.29 bits per heavy atom. The van der Waals surface area contributed by atoms with Crippen molar-refractivity contribution in [3.05, 3.63) is 44.9 Å². The van der Waals surface area contributed by atoms with Crippen LogP contribution in [0.1, 0.15) is 5.69 Å². The van der Waals surface area contributed by atoms with Crippen LogP contribution in [0.25, 0.3) is 5.65 Å². The van der Waals surface area contributed by atoms with Gasteiger partial charge in [-0.05, 0) is 28.1 Å². The molecule has 0 aliphatic carbocycles. The number of alkyl halides is 1. The van der Waals surface area contributed by atoms with Crippen LogP contribution in [0.15, 0.2) is 33.7 Å². The first kappa shape index (κ1) is 9.68. The van der Waals surface area contributed by atoms with Gasteiger partial charge in [-0.1, -0.05) is 0 Å². The topological polar surface area (TPSA) is 34.4 Å². The SMILES string of the molecule is O=c1cc(CCl)nc2ccc(Br)cn12. The molecule has 0 fully saturated rings. The summed E-state index contributed by atoms with van der Waals surface area (Å²) in [5, 5.41) is 0. The zero-order valence-corrected chi connectivity index (χ0v) is 9.42. The molecule has 0 unspecified atom stereocenters. The lowest BCUT2D eigenvalue weighted by Crippen LogP contribution is -2.14. The van der Waals surface area contributed by atoms with Gasteiger partial charge >= 0.3 is 0 Å². The highest BCUT2D eigenvalue weighted by Gasteiger charge is 2.01. The lowest BCUT2D eigenvalue weighted by Gasteiger charge is -2.01. The maximum absolute atomic E-state index is 11.6. The normalized spacial score (nSPS) is 10.7. The van der Waals surface area contributed by atoms with E-state index in [0.29, 0.717) is 11.3 Å². The van der Waals surface area contributed by atoms with Crippen LogP contribution in [0, 0.1) is 0 Å². The molecule has 0 aromatic carbocycles. The second-order valence-electron chi connectivity index (χ2n) is 2.79. The molecule has 0 radical (unpaired) electrons. The lowest BCUT2D eigenvalue weighted by molar-refractivity contribution is 1.01. The Bertz CT molecular complexity index is 538. The molecular weight excluding hydrogens is 267 g/mol. The van der Waals surface area contributed by atoms with Gasteiger partial charge in [-0.2, -0.15) is 0 Å². The van der Waals surface area contributed by atoms with Gasteiger partial charge in [-0.15, -0.1) is 11.6 Å². The van der Waals surface area contributed by atoms with Crippen molar-refractivity contribution in [3.8, 4) is 0 Å². The summed E-state index contributed by atoms with van der Waals surface area (Å²) in [6.07, 6.45) is 1.68. The highest BCUT2D eigenvalue weighted by atomic mass is 79.9. The van der Waals surface area contributed by atoms with Crippen LogP contribution in [0.4, 0.5) is 0 Å². The van der Waals surface area contributed by atoms with Crippen LogP contribution in [-0.4, -0.2) is 9.38 Å². The second-order valence-corrected chi connectivity index (χ2v) is 3.98. The van der Waals surface area contributed by atoms with Crippen molar-refractivity contribution in [1.29, 1.82) is 0 Å². The number of aromatic nitrogens is 2. The predicted octanol–water partition coefficient (Wildman–Crippen LogP) is 2.20. The summed E-state index contributed by atoms with van der Waals surface area (Å²) in [5.74, 6) is 0.252. The molecule has 3 nitrogen and oxygen atoms in total. The van der Waals surface area contributed by atoms with Crippen LogP contribution in [0.3, 0.4) is 0 Å². The molecule has 0 spiro atoms. The third-order valence-corrected chi connectivity index (χ3v) is 2.56. The Kier molecular flexibility index (Phi) is 2.56. The first-order valence-electron chi connectivity index (χ1n) is 3.94. The van der Waals surface area contributed by atoms with Crippen molar-refractivity contribution in [2.45, 2.75) is 5.88 Å². The van der Waals surface area contributed by atoms with Crippen molar-refractivity contribution in [3.63, 3.8) is 0 Å². The van der Waals surface area contributed by atoms with Gasteiger partial charge in [-0.3, -0.25) is 9.20 Å². The van der Waals surface area contributed by atoms with Crippen molar-refractivity contribution >= 4 is 33.2 Å². The Balaban J connectivity index is 2.83. The number of hydrogen-bond donors (Lipinski definition) is 0. The molecule has 0 saturated heterocycles. The van der Waals surface area contributed by atoms with Crippen LogP contribution >= 0.6 is 27.5 Å². The maximum atomic E-state index is 11.6. The van der Waals surface area contributed by atoms with E-state index in [1.54, 1.807) is 12.3 Å². The van der Waals surface area contributed by atoms with E-state index in [-0.39, 0.29) is 11.4 Å². The molecule has 0 atom stereocenters. The summed E-state index contributed by atoms with van der Waals surface area (Å²) in [4.78, 5) is 15.8. The molecule has 0 N–H and O–H groups in total. The van der Waals surface area contributed by atoms with Crippen LogP contribution in [0.2, 0.25) is 0 Å². The van der Waals surface area contributed by atoms with Crippen LogP contribution < -0.4 is 5.56 Å². The summed E-state index contributed by atoms with van der Waals surface area (Å²) < 4.78 is 2.31. The molecule has 0 aliphatic heterocycles. The largest absolute Gasteiger partial charge is 0.269 e. The van der Waals surface area contributed by atoms with E-state index in [1.807, 2.05) is 6.07 Å². The molecule has 2 rings (SSSR count). The van der Waals surface area contributed by atoms with E-state index in [4.69, 9.17) is 11.6 Å². The number of hydrogen-bond acceptors (Lipinski definition) is 2. The van der Waals surface area contributed by atoms with Gasteiger partial charge in [0.25, 0.3) is 5.56 Å². The first-order valence-corrected chi connectivity index (χ1v) is 5.27. The molecule has 0 amide bonds. The minimum Gasteiger partial charge on any atom is -0.269 e. The minimum absolute atomic E-state index is 0.119. The average molecular weight is 274 g/mol. The fourth-order valence-electron chi connectivity index (χ4n) is 1.19. The van der Waals surface area contributed by atoms with E-state index < -0.39 is 0 Å². The molecule has 14 heavy (non-hydrogen) atoms. The van der Waals surface area contributed by atoms with Crippen molar-refractivity contribution in [1.82, 2.24) is 9.38 Å². The molecular formula is C9H6BrClN2O.